The molecule has 94 valence electrons. The maximum absolute atomic E-state index is 5.64. The summed E-state index contributed by atoms with van der Waals surface area (Å²) in [7, 11) is 0. The monoisotopic (exact) mass is 234 g/mol. The molecule has 1 saturated heterocycles. The summed E-state index contributed by atoms with van der Waals surface area (Å²) in [5.41, 5.74) is 1.37. The number of rotatable bonds is 6. The molecular weight excluding hydrogens is 212 g/mol. The minimum atomic E-state index is 0.478. The van der Waals surface area contributed by atoms with Crippen LogP contribution in [0.5, 0.6) is 5.75 Å². The second-order valence-electron chi connectivity index (χ2n) is 4.81. The molecule has 1 aromatic rings. The predicted molar refractivity (Wildman–Crippen MR) is 69.4 cm³/mol. The van der Waals surface area contributed by atoms with E-state index in [1.165, 1.54) is 5.56 Å². The summed E-state index contributed by atoms with van der Waals surface area (Å²) in [4.78, 5) is 0. The fourth-order valence-electron chi connectivity index (χ4n) is 2.36. The normalized spacial score (nSPS) is 24.4. The molecule has 0 saturated carbocycles. The van der Waals surface area contributed by atoms with Crippen molar-refractivity contribution in [2.75, 3.05) is 6.61 Å². The summed E-state index contributed by atoms with van der Waals surface area (Å²) in [6.07, 6.45) is 3.21. The third-order valence-corrected chi connectivity index (χ3v) is 3.38. The van der Waals surface area contributed by atoms with Crippen LogP contribution in [-0.2, 0) is 11.2 Å². The van der Waals surface area contributed by atoms with Gasteiger partial charge in [-0.3, -0.25) is 0 Å². The lowest BCUT2D eigenvalue weighted by atomic mass is 9.96. The average molecular weight is 234 g/mol. The van der Waals surface area contributed by atoms with Crippen molar-refractivity contribution < 1.29 is 9.47 Å². The molecule has 1 aromatic carbocycles. The van der Waals surface area contributed by atoms with Gasteiger partial charge in [0.15, 0.2) is 0 Å². The molecule has 0 aliphatic carbocycles. The van der Waals surface area contributed by atoms with Gasteiger partial charge in [-0.15, -0.1) is 0 Å². The topological polar surface area (TPSA) is 21.8 Å². The minimum absolute atomic E-state index is 0.478. The molecule has 2 nitrogen and oxygen atoms in total. The lowest BCUT2D eigenvalue weighted by Crippen LogP contribution is -2.09. The van der Waals surface area contributed by atoms with Gasteiger partial charge >= 0.3 is 0 Å². The Kier molecular flexibility index (Phi) is 4.06. The summed E-state index contributed by atoms with van der Waals surface area (Å²) in [5.74, 6) is 1.57. The quantitative estimate of drug-likeness (QED) is 0.703. The van der Waals surface area contributed by atoms with E-state index in [1.54, 1.807) is 0 Å². The Morgan fingerprint density at radius 1 is 1.24 bits per heavy atom. The molecular formula is C15H22O2. The van der Waals surface area contributed by atoms with Crippen LogP contribution in [0.25, 0.3) is 0 Å². The van der Waals surface area contributed by atoms with E-state index in [4.69, 9.17) is 9.47 Å². The molecule has 0 radical (unpaired) electrons. The molecule has 1 heterocycles. The Labute approximate surface area is 104 Å². The first-order valence-electron chi connectivity index (χ1n) is 6.61. The first-order valence-corrected chi connectivity index (χ1v) is 6.61. The highest BCUT2D eigenvalue weighted by Crippen LogP contribution is 2.33. The lowest BCUT2D eigenvalue weighted by molar-refractivity contribution is 0.322. The molecule has 0 bridgehead atoms. The van der Waals surface area contributed by atoms with Crippen LogP contribution >= 0.6 is 0 Å². The van der Waals surface area contributed by atoms with E-state index in [0.717, 1.165) is 25.2 Å². The van der Waals surface area contributed by atoms with Crippen molar-refractivity contribution in [1.29, 1.82) is 0 Å². The number of hydrogen-bond donors (Lipinski definition) is 0. The van der Waals surface area contributed by atoms with E-state index in [-0.39, 0.29) is 0 Å². The summed E-state index contributed by atoms with van der Waals surface area (Å²) in [6.45, 7) is 7.19. The standard InChI is InChI=1S/C15H22O2/c1-4-14-15(17-14)11(3)10-12-6-8-13(9-7-12)16-5-2/h6-9,11,14-15H,4-5,10H2,1-3H3. The van der Waals surface area contributed by atoms with Gasteiger partial charge in [-0.25, -0.2) is 0 Å². The fourth-order valence-corrected chi connectivity index (χ4v) is 2.36. The Bertz CT molecular complexity index is 344. The third kappa shape index (κ3) is 3.22. The number of benzene rings is 1. The second-order valence-corrected chi connectivity index (χ2v) is 4.81. The highest BCUT2D eigenvalue weighted by Gasteiger charge is 2.40. The van der Waals surface area contributed by atoms with Crippen molar-refractivity contribution in [2.45, 2.75) is 45.8 Å². The van der Waals surface area contributed by atoms with Crippen molar-refractivity contribution in [3.63, 3.8) is 0 Å². The molecule has 0 N–H and O–H groups in total. The third-order valence-electron chi connectivity index (χ3n) is 3.38. The SMILES string of the molecule is CCOc1ccc(CC(C)C2OC2CC)cc1. The molecule has 2 rings (SSSR count). The van der Waals surface area contributed by atoms with Crippen LogP contribution in [0.1, 0.15) is 32.8 Å². The second kappa shape index (κ2) is 5.54. The number of epoxide rings is 1. The van der Waals surface area contributed by atoms with Gasteiger partial charge in [-0.05, 0) is 43.4 Å². The molecule has 0 spiro atoms. The number of ether oxygens (including phenoxy) is 2. The highest BCUT2D eigenvalue weighted by molar-refractivity contribution is 5.27. The van der Waals surface area contributed by atoms with Crippen molar-refractivity contribution in [3.05, 3.63) is 29.8 Å². The largest absolute Gasteiger partial charge is 0.494 e. The van der Waals surface area contributed by atoms with Crippen molar-refractivity contribution >= 4 is 0 Å². The fraction of sp³-hybridized carbons (Fsp3) is 0.600. The summed E-state index contributed by atoms with van der Waals surface area (Å²) in [6, 6.07) is 8.42. The highest BCUT2D eigenvalue weighted by atomic mass is 16.6. The Balaban J connectivity index is 1.86. The molecule has 17 heavy (non-hydrogen) atoms. The Morgan fingerprint density at radius 2 is 1.94 bits per heavy atom. The molecule has 3 unspecified atom stereocenters. The van der Waals surface area contributed by atoms with E-state index in [1.807, 2.05) is 6.92 Å². The van der Waals surface area contributed by atoms with E-state index in [2.05, 4.69) is 38.1 Å². The van der Waals surface area contributed by atoms with Crippen molar-refractivity contribution in [3.8, 4) is 5.75 Å². The lowest BCUT2D eigenvalue weighted by Gasteiger charge is -2.09. The smallest absolute Gasteiger partial charge is 0.119 e. The van der Waals surface area contributed by atoms with Crippen LogP contribution in [0.15, 0.2) is 24.3 Å². The Hall–Kier alpha value is -1.02. The predicted octanol–water partition coefficient (Wildman–Crippen LogP) is 3.44. The summed E-state index contributed by atoms with van der Waals surface area (Å²) >= 11 is 0. The van der Waals surface area contributed by atoms with Crippen LogP contribution in [0, 0.1) is 5.92 Å². The molecule has 1 aliphatic rings. The van der Waals surface area contributed by atoms with Crippen LogP contribution in [0.3, 0.4) is 0 Å². The molecule has 0 aromatic heterocycles. The van der Waals surface area contributed by atoms with Gasteiger partial charge in [-0.1, -0.05) is 26.0 Å². The zero-order valence-electron chi connectivity index (χ0n) is 11.0. The van der Waals surface area contributed by atoms with Crippen LogP contribution < -0.4 is 4.74 Å². The van der Waals surface area contributed by atoms with Gasteiger partial charge in [0.05, 0.1) is 18.8 Å². The molecule has 1 aliphatic heterocycles. The molecule has 0 amide bonds. The van der Waals surface area contributed by atoms with E-state index in [0.29, 0.717) is 18.1 Å². The van der Waals surface area contributed by atoms with Crippen molar-refractivity contribution in [1.82, 2.24) is 0 Å². The van der Waals surface area contributed by atoms with Gasteiger partial charge in [0.25, 0.3) is 0 Å². The first-order chi connectivity index (χ1) is 8.24. The van der Waals surface area contributed by atoms with E-state index < -0.39 is 0 Å². The van der Waals surface area contributed by atoms with E-state index in [9.17, 15) is 0 Å². The summed E-state index contributed by atoms with van der Waals surface area (Å²) < 4.78 is 11.1. The van der Waals surface area contributed by atoms with Crippen molar-refractivity contribution in [2.24, 2.45) is 5.92 Å². The maximum atomic E-state index is 5.64. The zero-order chi connectivity index (χ0) is 12.3. The minimum Gasteiger partial charge on any atom is -0.494 e. The summed E-state index contributed by atoms with van der Waals surface area (Å²) in [5, 5.41) is 0. The van der Waals surface area contributed by atoms with Gasteiger partial charge in [0.1, 0.15) is 5.75 Å². The number of hydrogen-bond acceptors (Lipinski definition) is 2. The van der Waals surface area contributed by atoms with Gasteiger partial charge < -0.3 is 9.47 Å². The molecule has 1 fully saturated rings. The van der Waals surface area contributed by atoms with Gasteiger partial charge in [0, 0.05) is 0 Å². The molecule has 3 atom stereocenters. The molecule has 2 heteroatoms. The first kappa shape index (κ1) is 12.4. The van der Waals surface area contributed by atoms with Crippen LogP contribution in [-0.4, -0.2) is 18.8 Å². The maximum Gasteiger partial charge on any atom is 0.119 e. The Morgan fingerprint density at radius 3 is 2.47 bits per heavy atom. The van der Waals surface area contributed by atoms with Crippen LogP contribution in [0.4, 0.5) is 0 Å². The zero-order valence-corrected chi connectivity index (χ0v) is 11.0. The van der Waals surface area contributed by atoms with Gasteiger partial charge in [0.2, 0.25) is 0 Å². The average Bonchev–Trinajstić information content (AvgIpc) is 3.11. The van der Waals surface area contributed by atoms with Gasteiger partial charge in [-0.2, -0.15) is 0 Å². The van der Waals surface area contributed by atoms with Crippen LogP contribution in [0.2, 0.25) is 0 Å². The van der Waals surface area contributed by atoms with E-state index >= 15 is 0 Å².